The molecule has 0 bridgehead atoms. The van der Waals surface area contributed by atoms with Crippen molar-refractivity contribution in [3.8, 4) is 0 Å². The molecular weight excluding hydrogens is 152 g/mol. The highest BCUT2D eigenvalue weighted by Crippen LogP contribution is 2.30. The van der Waals surface area contributed by atoms with Crippen LogP contribution in [0.15, 0.2) is 0 Å². The summed E-state index contributed by atoms with van der Waals surface area (Å²) in [6, 6.07) is 0. The fourth-order valence-electron chi connectivity index (χ4n) is 1.88. The average molecular weight is 170 g/mol. The van der Waals surface area contributed by atoms with Gasteiger partial charge in [-0.2, -0.15) is 0 Å². The number of rotatable bonds is 3. The zero-order chi connectivity index (χ0) is 9.03. The van der Waals surface area contributed by atoms with Crippen LogP contribution >= 0.6 is 0 Å². The second kappa shape index (κ2) is 4.04. The fraction of sp³-hybridized carbons (Fsp3) is 0.900. The fourth-order valence-corrected chi connectivity index (χ4v) is 1.88. The van der Waals surface area contributed by atoms with E-state index in [4.69, 9.17) is 0 Å². The summed E-state index contributed by atoms with van der Waals surface area (Å²) in [7, 11) is 0. The van der Waals surface area contributed by atoms with E-state index in [1.807, 2.05) is 0 Å². The van der Waals surface area contributed by atoms with Crippen LogP contribution in [0.1, 0.15) is 51.9 Å². The second-order valence-corrected chi connectivity index (χ2v) is 3.90. The van der Waals surface area contributed by atoms with E-state index in [1.165, 1.54) is 0 Å². The van der Waals surface area contributed by atoms with Gasteiger partial charge in [0.05, 0.1) is 5.60 Å². The number of hydrogen-bond acceptors (Lipinski definition) is 2. The SMILES string of the molecule is CCCCC1(O)CCCC(=O)C1. The van der Waals surface area contributed by atoms with Crippen LogP contribution < -0.4 is 0 Å². The van der Waals surface area contributed by atoms with Crippen molar-refractivity contribution in [2.45, 2.75) is 57.5 Å². The maximum absolute atomic E-state index is 11.1. The predicted molar refractivity (Wildman–Crippen MR) is 47.9 cm³/mol. The van der Waals surface area contributed by atoms with Gasteiger partial charge in [-0.15, -0.1) is 0 Å². The van der Waals surface area contributed by atoms with E-state index < -0.39 is 5.60 Å². The lowest BCUT2D eigenvalue weighted by Gasteiger charge is -2.31. The minimum Gasteiger partial charge on any atom is -0.389 e. The van der Waals surface area contributed by atoms with E-state index in [9.17, 15) is 9.90 Å². The van der Waals surface area contributed by atoms with Gasteiger partial charge in [-0.05, 0) is 19.3 Å². The van der Waals surface area contributed by atoms with Crippen LogP contribution in [0.2, 0.25) is 0 Å². The number of Topliss-reactive ketones (excluding diaryl/α,β-unsaturated/α-hetero) is 1. The first kappa shape index (κ1) is 9.72. The van der Waals surface area contributed by atoms with Crippen molar-refractivity contribution in [1.82, 2.24) is 0 Å². The topological polar surface area (TPSA) is 37.3 Å². The molecule has 0 aliphatic heterocycles. The Morgan fingerprint density at radius 1 is 1.58 bits per heavy atom. The number of ketones is 1. The molecule has 0 heterocycles. The number of hydrogen-bond donors (Lipinski definition) is 1. The minimum absolute atomic E-state index is 0.236. The molecule has 1 fully saturated rings. The first-order valence-corrected chi connectivity index (χ1v) is 4.90. The van der Waals surface area contributed by atoms with Crippen molar-refractivity contribution in [2.24, 2.45) is 0 Å². The molecular formula is C10H18O2. The highest BCUT2D eigenvalue weighted by Gasteiger charge is 2.32. The Balaban J connectivity index is 2.40. The molecule has 1 unspecified atom stereocenters. The number of carbonyl (C=O) groups is 1. The van der Waals surface area contributed by atoms with E-state index in [0.717, 1.165) is 32.1 Å². The molecule has 0 aromatic carbocycles. The molecule has 1 saturated carbocycles. The zero-order valence-electron chi connectivity index (χ0n) is 7.81. The number of aliphatic hydroxyl groups is 1. The van der Waals surface area contributed by atoms with Gasteiger partial charge in [0, 0.05) is 12.8 Å². The predicted octanol–water partition coefficient (Wildman–Crippen LogP) is 2.05. The zero-order valence-corrected chi connectivity index (χ0v) is 7.81. The van der Waals surface area contributed by atoms with Gasteiger partial charge in [-0.1, -0.05) is 19.8 Å². The minimum atomic E-state index is -0.647. The summed E-state index contributed by atoms with van der Waals surface area (Å²) < 4.78 is 0. The summed E-state index contributed by atoms with van der Waals surface area (Å²) >= 11 is 0. The van der Waals surface area contributed by atoms with Gasteiger partial charge in [0.2, 0.25) is 0 Å². The normalized spacial score (nSPS) is 30.7. The van der Waals surface area contributed by atoms with Crippen LogP contribution in [0.4, 0.5) is 0 Å². The van der Waals surface area contributed by atoms with E-state index >= 15 is 0 Å². The highest BCUT2D eigenvalue weighted by molar-refractivity contribution is 5.80. The Labute approximate surface area is 74.0 Å². The molecule has 1 aliphatic rings. The quantitative estimate of drug-likeness (QED) is 0.703. The maximum atomic E-state index is 11.1. The van der Waals surface area contributed by atoms with Crippen LogP contribution in [0.25, 0.3) is 0 Å². The van der Waals surface area contributed by atoms with Gasteiger partial charge in [0.25, 0.3) is 0 Å². The third kappa shape index (κ3) is 2.59. The Bertz CT molecular complexity index is 165. The standard InChI is InChI=1S/C10H18O2/c1-2-3-6-10(12)7-4-5-9(11)8-10/h12H,2-8H2,1H3. The summed E-state index contributed by atoms with van der Waals surface area (Å²) in [5, 5.41) is 9.95. The van der Waals surface area contributed by atoms with Crippen molar-refractivity contribution >= 4 is 5.78 Å². The molecule has 0 spiro atoms. The molecule has 12 heavy (non-hydrogen) atoms. The second-order valence-electron chi connectivity index (χ2n) is 3.90. The Kier molecular flexibility index (Phi) is 3.27. The lowest BCUT2D eigenvalue weighted by atomic mass is 9.81. The summed E-state index contributed by atoms with van der Waals surface area (Å²) in [6.07, 6.45) is 5.69. The van der Waals surface area contributed by atoms with Gasteiger partial charge in [0.15, 0.2) is 0 Å². The van der Waals surface area contributed by atoms with Crippen LogP contribution in [0.5, 0.6) is 0 Å². The lowest BCUT2D eigenvalue weighted by Crippen LogP contribution is -2.35. The number of carbonyl (C=O) groups excluding carboxylic acids is 1. The highest BCUT2D eigenvalue weighted by atomic mass is 16.3. The molecule has 0 aromatic heterocycles. The van der Waals surface area contributed by atoms with Crippen molar-refractivity contribution in [1.29, 1.82) is 0 Å². The van der Waals surface area contributed by atoms with Crippen molar-refractivity contribution in [2.75, 3.05) is 0 Å². The average Bonchev–Trinajstić information content (AvgIpc) is 2.01. The van der Waals surface area contributed by atoms with Crippen LogP contribution in [-0.4, -0.2) is 16.5 Å². The molecule has 1 rings (SSSR count). The monoisotopic (exact) mass is 170 g/mol. The first-order valence-electron chi connectivity index (χ1n) is 4.90. The van der Waals surface area contributed by atoms with Crippen LogP contribution in [0.3, 0.4) is 0 Å². The summed E-state index contributed by atoms with van der Waals surface area (Å²) in [5.74, 6) is 0.236. The molecule has 1 atom stereocenters. The summed E-state index contributed by atoms with van der Waals surface area (Å²) in [4.78, 5) is 11.1. The molecule has 0 amide bonds. The third-order valence-electron chi connectivity index (χ3n) is 2.62. The lowest BCUT2D eigenvalue weighted by molar-refractivity contribution is -0.128. The van der Waals surface area contributed by atoms with Gasteiger partial charge >= 0.3 is 0 Å². The van der Waals surface area contributed by atoms with E-state index in [-0.39, 0.29) is 5.78 Å². The first-order chi connectivity index (χ1) is 5.66. The van der Waals surface area contributed by atoms with E-state index in [1.54, 1.807) is 0 Å². The summed E-state index contributed by atoms with van der Waals surface area (Å²) in [6.45, 7) is 2.11. The van der Waals surface area contributed by atoms with E-state index in [2.05, 4.69) is 6.92 Å². The molecule has 0 saturated heterocycles. The van der Waals surface area contributed by atoms with Crippen molar-refractivity contribution < 1.29 is 9.90 Å². The molecule has 2 heteroatoms. The molecule has 1 aliphatic carbocycles. The maximum Gasteiger partial charge on any atom is 0.135 e. The van der Waals surface area contributed by atoms with Gasteiger partial charge in [0.1, 0.15) is 5.78 Å². The van der Waals surface area contributed by atoms with Gasteiger partial charge in [-0.25, -0.2) is 0 Å². The largest absolute Gasteiger partial charge is 0.389 e. The molecule has 1 N–H and O–H groups in total. The van der Waals surface area contributed by atoms with Gasteiger partial charge in [-0.3, -0.25) is 4.79 Å². The van der Waals surface area contributed by atoms with E-state index in [0.29, 0.717) is 12.8 Å². The Hall–Kier alpha value is -0.370. The Morgan fingerprint density at radius 2 is 2.33 bits per heavy atom. The molecule has 70 valence electrons. The van der Waals surface area contributed by atoms with Gasteiger partial charge < -0.3 is 5.11 Å². The van der Waals surface area contributed by atoms with Crippen molar-refractivity contribution in [3.63, 3.8) is 0 Å². The van der Waals surface area contributed by atoms with Crippen LogP contribution in [-0.2, 0) is 4.79 Å². The third-order valence-corrected chi connectivity index (χ3v) is 2.62. The number of unbranched alkanes of at least 4 members (excludes halogenated alkanes) is 1. The van der Waals surface area contributed by atoms with Crippen molar-refractivity contribution in [3.05, 3.63) is 0 Å². The summed E-state index contributed by atoms with van der Waals surface area (Å²) in [5.41, 5.74) is -0.647. The van der Waals surface area contributed by atoms with Crippen LogP contribution in [0, 0.1) is 0 Å². The molecule has 0 aromatic rings. The smallest absolute Gasteiger partial charge is 0.135 e. The molecule has 0 radical (unpaired) electrons. The Morgan fingerprint density at radius 3 is 2.92 bits per heavy atom. The molecule has 2 nitrogen and oxygen atoms in total.